The van der Waals surface area contributed by atoms with Gasteiger partial charge in [0.2, 0.25) is 0 Å². The average molecular weight is 663 g/mol. The molecule has 1 aliphatic rings. The van der Waals surface area contributed by atoms with E-state index < -0.39 is 0 Å². The van der Waals surface area contributed by atoms with Crippen LogP contribution in [0.5, 0.6) is 0 Å². The molecule has 6 heteroatoms. The number of allylic oxidation sites excluding steroid dienone is 1. The van der Waals surface area contributed by atoms with Gasteiger partial charge in [0.05, 0.1) is 68.8 Å². The molecule has 0 fully saturated rings. The van der Waals surface area contributed by atoms with Crippen molar-refractivity contribution in [2.45, 2.75) is 12.3 Å². The van der Waals surface area contributed by atoms with Crippen molar-refractivity contribution in [1.29, 1.82) is 21.0 Å². The van der Waals surface area contributed by atoms with Crippen LogP contribution in [0.15, 0.2) is 133 Å². The lowest BCUT2D eigenvalue weighted by atomic mass is 9.78. The Hall–Kier alpha value is -7.64. The van der Waals surface area contributed by atoms with Crippen LogP contribution in [0.1, 0.15) is 51.4 Å². The zero-order chi connectivity index (χ0) is 35.3. The minimum atomic E-state index is -0.334. The molecule has 0 spiro atoms. The van der Waals surface area contributed by atoms with E-state index in [1.807, 2.05) is 30.3 Å². The highest BCUT2D eigenvalue weighted by Crippen LogP contribution is 2.48. The Bertz CT molecular complexity index is 2920. The minimum absolute atomic E-state index is 0.334. The third kappa shape index (κ3) is 4.40. The van der Waals surface area contributed by atoms with Crippen LogP contribution in [0.3, 0.4) is 0 Å². The summed E-state index contributed by atoms with van der Waals surface area (Å²) in [6.45, 7) is 0. The van der Waals surface area contributed by atoms with Crippen molar-refractivity contribution in [2.75, 3.05) is 0 Å². The van der Waals surface area contributed by atoms with Gasteiger partial charge in [-0.1, -0.05) is 66.7 Å². The van der Waals surface area contributed by atoms with Gasteiger partial charge in [-0.15, -0.1) is 0 Å². The molecule has 0 aliphatic heterocycles. The van der Waals surface area contributed by atoms with Crippen molar-refractivity contribution in [3.05, 3.63) is 173 Å². The highest BCUT2D eigenvalue weighted by atomic mass is 15.0. The van der Waals surface area contributed by atoms with Crippen LogP contribution in [0.2, 0.25) is 0 Å². The second kappa shape index (κ2) is 12.0. The monoisotopic (exact) mass is 662 g/mol. The average Bonchev–Trinajstić information content (AvgIpc) is 3.73. The fourth-order valence-corrected chi connectivity index (χ4v) is 8.21. The number of fused-ring (bicyclic) bond motifs is 6. The Balaban J connectivity index is 1.41. The van der Waals surface area contributed by atoms with Gasteiger partial charge < -0.3 is 9.13 Å². The summed E-state index contributed by atoms with van der Waals surface area (Å²) in [5.41, 5.74) is 10.7. The molecule has 2 heterocycles. The van der Waals surface area contributed by atoms with Crippen LogP contribution in [-0.2, 0) is 0 Å². The van der Waals surface area contributed by atoms with Gasteiger partial charge in [0.15, 0.2) is 0 Å². The smallest absolute Gasteiger partial charge is 0.0998 e. The summed E-state index contributed by atoms with van der Waals surface area (Å²) in [6.07, 6.45) is 4.80. The van der Waals surface area contributed by atoms with Gasteiger partial charge in [-0.2, -0.15) is 21.0 Å². The predicted octanol–water partition coefficient (Wildman–Crippen LogP) is 10.4. The first kappa shape index (κ1) is 30.4. The molecule has 0 radical (unpaired) electrons. The molecule has 0 bridgehead atoms. The third-order valence-electron chi connectivity index (χ3n) is 10.3. The second-order valence-electron chi connectivity index (χ2n) is 12.9. The number of aromatic nitrogens is 2. The quantitative estimate of drug-likeness (QED) is 0.187. The van der Waals surface area contributed by atoms with Crippen LogP contribution < -0.4 is 0 Å². The zero-order valence-electron chi connectivity index (χ0n) is 27.7. The van der Waals surface area contributed by atoms with Crippen molar-refractivity contribution in [3.8, 4) is 46.8 Å². The van der Waals surface area contributed by atoms with Crippen molar-refractivity contribution in [3.63, 3.8) is 0 Å². The first-order valence-corrected chi connectivity index (χ1v) is 17.0. The molecule has 1 unspecified atom stereocenters. The van der Waals surface area contributed by atoms with E-state index in [9.17, 15) is 21.0 Å². The summed E-state index contributed by atoms with van der Waals surface area (Å²) < 4.78 is 4.53. The van der Waals surface area contributed by atoms with E-state index in [1.54, 1.807) is 36.4 Å². The normalized spacial score (nSPS) is 13.3. The lowest BCUT2D eigenvalue weighted by Gasteiger charge is -2.24. The number of nitriles is 4. The second-order valence-corrected chi connectivity index (χ2v) is 12.9. The third-order valence-corrected chi connectivity index (χ3v) is 10.3. The topological polar surface area (TPSA) is 105 Å². The van der Waals surface area contributed by atoms with Gasteiger partial charge >= 0.3 is 0 Å². The summed E-state index contributed by atoms with van der Waals surface area (Å²) >= 11 is 0. The van der Waals surface area contributed by atoms with E-state index >= 15 is 0 Å². The van der Waals surface area contributed by atoms with Crippen molar-refractivity contribution in [2.24, 2.45) is 0 Å². The number of nitrogens with zero attached hydrogens (tertiary/aromatic N) is 6. The number of rotatable bonds is 4. The number of hydrogen-bond donors (Lipinski definition) is 0. The molecule has 0 saturated heterocycles. The molecule has 0 N–H and O–H groups in total. The lowest BCUT2D eigenvalue weighted by Crippen LogP contribution is -2.10. The van der Waals surface area contributed by atoms with Gasteiger partial charge in [-0.3, -0.25) is 0 Å². The van der Waals surface area contributed by atoms with Gasteiger partial charge in [0, 0.05) is 39.0 Å². The first-order chi connectivity index (χ1) is 25.7. The molecule has 0 amide bonds. The van der Waals surface area contributed by atoms with Crippen molar-refractivity contribution >= 4 is 38.8 Å². The molecular weight excluding hydrogens is 637 g/mol. The lowest BCUT2D eigenvalue weighted by molar-refractivity contribution is 0.813. The van der Waals surface area contributed by atoms with Gasteiger partial charge in [0.1, 0.15) is 0 Å². The van der Waals surface area contributed by atoms with Crippen LogP contribution in [-0.4, -0.2) is 9.13 Å². The van der Waals surface area contributed by atoms with Crippen LogP contribution >= 0.6 is 0 Å². The summed E-state index contributed by atoms with van der Waals surface area (Å²) in [5, 5.41) is 44.3. The van der Waals surface area contributed by atoms with E-state index in [2.05, 4.69) is 106 Å². The molecule has 1 atom stereocenters. The fourth-order valence-electron chi connectivity index (χ4n) is 8.21. The summed E-state index contributed by atoms with van der Waals surface area (Å²) in [5.74, 6) is -0.334. The molecule has 6 nitrogen and oxygen atoms in total. The number of benzene rings is 6. The van der Waals surface area contributed by atoms with Gasteiger partial charge in [-0.05, 0) is 95.9 Å². The summed E-state index contributed by atoms with van der Waals surface area (Å²) in [6, 6.07) is 51.2. The van der Waals surface area contributed by atoms with Gasteiger partial charge in [-0.25, -0.2) is 0 Å². The van der Waals surface area contributed by atoms with Crippen molar-refractivity contribution < 1.29 is 0 Å². The largest absolute Gasteiger partial charge is 0.310 e. The Morgan fingerprint density at radius 1 is 0.500 bits per heavy atom. The molecule has 2 aromatic heterocycles. The first-order valence-electron chi connectivity index (χ1n) is 17.0. The molecular formula is C46H26N6. The molecule has 240 valence electrons. The van der Waals surface area contributed by atoms with E-state index in [4.69, 9.17) is 0 Å². The minimum Gasteiger partial charge on any atom is -0.310 e. The summed E-state index contributed by atoms with van der Waals surface area (Å²) in [4.78, 5) is 0. The fraction of sp³-hybridized carbons (Fsp3) is 0.0435. The Labute approximate surface area is 299 Å². The van der Waals surface area contributed by atoms with E-state index in [0.717, 1.165) is 60.9 Å². The van der Waals surface area contributed by atoms with Gasteiger partial charge in [0.25, 0.3) is 0 Å². The highest BCUT2D eigenvalue weighted by Gasteiger charge is 2.32. The Morgan fingerprint density at radius 2 is 1.12 bits per heavy atom. The van der Waals surface area contributed by atoms with E-state index in [1.165, 1.54) is 0 Å². The summed E-state index contributed by atoms with van der Waals surface area (Å²) in [7, 11) is 0. The number of para-hydroxylation sites is 2. The Kier molecular flexibility index (Phi) is 7.05. The van der Waals surface area contributed by atoms with Crippen LogP contribution in [0.25, 0.3) is 61.3 Å². The molecule has 1 aliphatic carbocycles. The van der Waals surface area contributed by atoms with Crippen LogP contribution in [0.4, 0.5) is 0 Å². The molecule has 0 saturated carbocycles. The van der Waals surface area contributed by atoms with E-state index in [-0.39, 0.29) is 5.92 Å². The Morgan fingerprint density at radius 3 is 1.83 bits per heavy atom. The zero-order valence-corrected chi connectivity index (χ0v) is 27.7. The maximum Gasteiger partial charge on any atom is 0.0998 e. The molecule has 6 aromatic carbocycles. The standard InChI is InChI=1S/C46H26N6/c47-25-29-10-6-11-30(26-48)43(29)36-17-8-20-41-45(36)46-37(44-31(27-49)12-7-13-32(44)28-50)18-9-21-42(46)52(41)34-22-23-40-38(24-34)35-16-4-5-19-39(35)51(40)33-14-2-1-3-15-33/h1-17,19-24,37H,18H2. The molecule has 52 heavy (non-hydrogen) atoms. The number of hydrogen-bond acceptors (Lipinski definition) is 4. The highest BCUT2D eigenvalue weighted by molar-refractivity contribution is 6.10. The maximum absolute atomic E-state index is 10.3. The maximum atomic E-state index is 10.3. The SMILES string of the molecule is N#Cc1cccc(C#N)c1-c1cccc2c1c1c(n2-c2ccc3c(c2)c2ccccc2n3-c2ccccc2)C=CCC1c1c(C#N)cccc1C#N. The molecule has 9 rings (SSSR count). The van der Waals surface area contributed by atoms with Crippen LogP contribution in [0, 0.1) is 45.3 Å². The molecule has 8 aromatic rings. The van der Waals surface area contributed by atoms with E-state index in [0.29, 0.717) is 39.8 Å². The van der Waals surface area contributed by atoms with Crippen molar-refractivity contribution in [1.82, 2.24) is 9.13 Å². The predicted molar refractivity (Wildman–Crippen MR) is 204 cm³/mol.